The number of hydrogen-bond donors (Lipinski definition) is 0. The average Bonchev–Trinajstić information content (AvgIpc) is 2.92. The van der Waals surface area contributed by atoms with Gasteiger partial charge >= 0.3 is 0 Å². The fourth-order valence-electron chi connectivity index (χ4n) is 4.70. The van der Waals surface area contributed by atoms with Crippen LogP contribution >= 0.6 is 27.5 Å². The molecule has 1 aliphatic rings. The predicted octanol–water partition coefficient (Wildman–Crippen LogP) is 7.23. The molecule has 1 heterocycles. The van der Waals surface area contributed by atoms with Crippen LogP contribution < -0.4 is 10.3 Å². The zero-order valence-electron chi connectivity index (χ0n) is 20.3. The van der Waals surface area contributed by atoms with Crippen molar-refractivity contribution in [2.24, 2.45) is 5.10 Å². The normalized spacial score (nSPS) is 14.3. The van der Waals surface area contributed by atoms with Crippen molar-refractivity contribution in [1.82, 2.24) is 9.66 Å². The lowest BCUT2D eigenvalue weighted by Crippen LogP contribution is -2.25. The van der Waals surface area contributed by atoms with Gasteiger partial charge in [0.25, 0.3) is 11.2 Å². The van der Waals surface area contributed by atoms with E-state index < -0.39 is 4.92 Å². The molecule has 10 heteroatoms. The molecule has 0 N–H and O–H groups in total. The van der Waals surface area contributed by atoms with Gasteiger partial charge in [0, 0.05) is 28.6 Å². The summed E-state index contributed by atoms with van der Waals surface area (Å²) in [6.45, 7) is 0.171. The number of nitrogens with zero attached hydrogens (tertiary/aromatic N) is 4. The molecule has 38 heavy (non-hydrogen) atoms. The number of hydrogen-bond acceptors (Lipinski definition) is 6. The number of nitro groups is 1. The van der Waals surface area contributed by atoms with Gasteiger partial charge in [-0.1, -0.05) is 43.0 Å². The SMILES string of the molecule is O=c1c2ccccc2nc(C2CCCCC2)n1N=Cc1cc(Cl)cc(Br)c1OCc1ccc([N+](=O)[O-])cc1. The molecular weight excluding hydrogens is 572 g/mol. The van der Waals surface area contributed by atoms with Gasteiger partial charge in [-0.2, -0.15) is 9.78 Å². The van der Waals surface area contributed by atoms with E-state index in [2.05, 4.69) is 21.0 Å². The van der Waals surface area contributed by atoms with E-state index in [0.717, 1.165) is 31.2 Å². The van der Waals surface area contributed by atoms with Crippen molar-refractivity contribution in [2.45, 2.75) is 44.6 Å². The third-order valence-electron chi connectivity index (χ3n) is 6.63. The molecule has 0 saturated heterocycles. The molecule has 0 atom stereocenters. The minimum atomic E-state index is -0.444. The summed E-state index contributed by atoms with van der Waals surface area (Å²) in [7, 11) is 0. The van der Waals surface area contributed by atoms with Gasteiger partial charge in [0.1, 0.15) is 18.2 Å². The van der Waals surface area contributed by atoms with Gasteiger partial charge in [-0.25, -0.2) is 4.98 Å². The van der Waals surface area contributed by atoms with Crippen LogP contribution in [0.5, 0.6) is 5.75 Å². The number of benzene rings is 3. The standard InChI is InChI=1S/C28H24BrClN4O4/c29-24-15-21(30)14-20(26(24)38-17-18-10-12-22(13-11-18)34(36)37)16-31-33-27(19-6-2-1-3-7-19)32-25-9-5-4-8-23(25)28(33)35/h4-5,8-16,19H,1-3,6-7,17H2. The molecule has 1 aliphatic carbocycles. The van der Waals surface area contributed by atoms with E-state index in [0.29, 0.717) is 37.5 Å². The van der Waals surface area contributed by atoms with Crippen molar-refractivity contribution in [3.63, 3.8) is 0 Å². The number of aromatic nitrogens is 2. The number of nitro benzene ring substituents is 1. The number of para-hydroxylation sites is 1. The van der Waals surface area contributed by atoms with Crippen LogP contribution in [-0.2, 0) is 6.61 Å². The number of halogens is 2. The van der Waals surface area contributed by atoms with Crippen molar-refractivity contribution in [3.8, 4) is 5.75 Å². The Kier molecular flexibility index (Phi) is 7.85. The minimum absolute atomic E-state index is 0.0115. The summed E-state index contributed by atoms with van der Waals surface area (Å²) < 4.78 is 8.10. The molecule has 1 saturated carbocycles. The van der Waals surface area contributed by atoms with Crippen LogP contribution in [0, 0.1) is 10.1 Å². The molecule has 194 valence electrons. The topological polar surface area (TPSA) is 99.6 Å². The fourth-order valence-corrected chi connectivity index (χ4v) is 5.64. The lowest BCUT2D eigenvalue weighted by Gasteiger charge is -2.22. The van der Waals surface area contributed by atoms with Crippen LogP contribution in [0.25, 0.3) is 10.9 Å². The van der Waals surface area contributed by atoms with Gasteiger partial charge in [-0.3, -0.25) is 14.9 Å². The molecular formula is C28H24BrClN4O4. The monoisotopic (exact) mass is 594 g/mol. The van der Waals surface area contributed by atoms with Crippen LogP contribution in [0.2, 0.25) is 5.02 Å². The minimum Gasteiger partial charge on any atom is -0.487 e. The van der Waals surface area contributed by atoms with E-state index in [1.807, 2.05) is 18.2 Å². The Morgan fingerprint density at radius 1 is 1.13 bits per heavy atom. The number of non-ortho nitro benzene ring substituents is 1. The smallest absolute Gasteiger partial charge is 0.282 e. The largest absolute Gasteiger partial charge is 0.487 e. The van der Waals surface area contributed by atoms with Gasteiger partial charge in [-0.05, 0) is 70.7 Å². The highest BCUT2D eigenvalue weighted by molar-refractivity contribution is 9.10. The number of ether oxygens (including phenoxy) is 1. The highest BCUT2D eigenvalue weighted by Gasteiger charge is 2.22. The summed E-state index contributed by atoms with van der Waals surface area (Å²) in [5.41, 5.74) is 1.79. The first-order valence-corrected chi connectivity index (χ1v) is 13.5. The van der Waals surface area contributed by atoms with Gasteiger partial charge in [-0.15, -0.1) is 0 Å². The van der Waals surface area contributed by atoms with Crippen LogP contribution in [-0.4, -0.2) is 20.8 Å². The zero-order valence-corrected chi connectivity index (χ0v) is 22.7. The molecule has 0 radical (unpaired) electrons. The van der Waals surface area contributed by atoms with E-state index >= 15 is 0 Å². The predicted molar refractivity (Wildman–Crippen MR) is 151 cm³/mol. The fraction of sp³-hybridized carbons (Fsp3) is 0.250. The second-order valence-corrected chi connectivity index (χ2v) is 10.5. The molecule has 0 unspecified atom stereocenters. The Labute approximate surface area is 232 Å². The number of rotatable bonds is 7. The molecule has 3 aromatic carbocycles. The summed E-state index contributed by atoms with van der Waals surface area (Å²) in [4.78, 5) is 28.9. The summed E-state index contributed by atoms with van der Waals surface area (Å²) >= 11 is 9.85. The molecule has 1 fully saturated rings. The van der Waals surface area contributed by atoms with Crippen molar-refractivity contribution >= 4 is 50.3 Å². The lowest BCUT2D eigenvalue weighted by molar-refractivity contribution is -0.384. The molecule has 4 aromatic rings. The first-order valence-electron chi connectivity index (χ1n) is 12.3. The Balaban J connectivity index is 1.51. The molecule has 1 aromatic heterocycles. The van der Waals surface area contributed by atoms with Crippen molar-refractivity contribution in [3.05, 3.63) is 108 Å². The second kappa shape index (κ2) is 11.4. The quantitative estimate of drug-likeness (QED) is 0.127. The first-order chi connectivity index (χ1) is 18.4. The summed E-state index contributed by atoms with van der Waals surface area (Å²) in [6, 6.07) is 16.9. The lowest BCUT2D eigenvalue weighted by atomic mass is 9.88. The van der Waals surface area contributed by atoms with E-state index in [1.54, 1.807) is 36.5 Å². The average molecular weight is 596 g/mol. The second-order valence-electron chi connectivity index (χ2n) is 9.20. The molecule has 0 spiro atoms. The Morgan fingerprint density at radius 2 is 1.87 bits per heavy atom. The van der Waals surface area contributed by atoms with Crippen LogP contribution in [0.4, 0.5) is 5.69 Å². The van der Waals surface area contributed by atoms with E-state index in [9.17, 15) is 14.9 Å². The van der Waals surface area contributed by atoms with Crippen LogP contribution in [0.1, 0.15) is 55.0 Å². The van der Waals surface area contributed by atoms with Gasteiger partial charge in [0.05, 0.1) is 26.5 Å². The van der Waals surface area contributed by atoms with Gasteiger partial charge in [0.15, 0.2) is 0 Å². The maximum atomic E-state index is 13.5. The first kappa shape index (κ1) is 26.1. The molecule has 0 aliphatic heterocycles. The Hall–Kier alpha value is -3.56. The van der Waals surface area contributed by atoms with E-state index in [-0.39, 0.29) is 23.8 Å². The molecule has 0 amide bonds. The third kappa shape index (κ3) is 5.63. The maximum absolute atomic E-state index is 13.5. The zero-order chi connectivity index (χ0) is 26.6. The highest BCUT2D eigenvalue weighted by Crippen LogP contribution is 2.34. The summed E-state index contributed by atoms with van der Waals surface area (Å²) in [6.07, 6.45) is 6.87. The van der Waals surface area contributed by atoms with E-state index in [4.69, 9.17) is 21.3 Å². The van der Waals surface area contributed by atoms with E-state index in [1.165, 1.54) is 23.2 Å². The van der Waals surface area contributed by atoms with Crippen LogP contribution in [0.15, 0.2) is 75.0 Å². The molecule has 0 bridgehead atoms. The van der Waals surface area contributed by atoms with Crippen LogP contribution in [0.3, 0.4) is 0 Å². The van der Waals surface area contributed by atoms with Gasteiger partial charge < -0.3 is 4.74 Å². The van der Waals surface area contributed by atoms with Crippen molar-refractivity contribution in [1.29, 1.82) is 0 Å². The van der Waals surface area contributed by atoms with Gasteiger partial charge in [0.2, 0.25) is 0 Å². The number of fused-ring (bicyclic) bond motifs is 1. The molecule has 8 nitrogen and oxygen atoms in total. The maximum Gasteiger partial charge on any atom is 0.282 e. The summed E-state index contributed by atoms with van der Waals surface area (Å²) in [5, 5.41) is 16.5. The molecule has 5 rings (SSSR count). The third-order valence-corrected chi connectivity index (χ3v) is 7.44. The Bertz CT molecular complexity index is 1580. The summed E-state index contributed by atoms with van der Waals surface area (Å²) in [5.74, 6) is 1.30. The highest BCUT2D eigenvalue weighted by atomic mass is 79.9. The van der Waals surface area contributed by atoms with Crippen molar-refractivity contribution in [2.75, 3.05) is 0 Å². The van der Waals surface area contributed by atoms with Crippen molar-refractivity contribution < 1.29 is 9.66 Å². The Morgan fingerprint density at radius 3 is 2.61 bits per heavy atom.